The van der Waals surface area contributed by atoms with Gasteiger partial charge >= 0.3 is 0 Å². The first-order valence-electron chi connectivity index (χ1n) is 7.42. The van der Waals surface area contributed by atoms with E-state index in [4.69, 9.17) is 4.74 Å². The number of nitrogens with zero attached hydrogens (tertiary/aromatic N) is 1. The number of likely N-dealkylation sites (tertiary alicyclic amines) is 1. The summed E-state index contributed by atoms with van der Waals surface area (Å²) >= 11 is 0. The van der Waals surface area contributed by atoms with Gasteiger partial charge in [-0.2, -0.15) is 0 Å². The Hall–Kier alpha value is -0.120. The van der Waals surface area contributed by atoms with Crippen LogP contribution in [0.1, 0.15) is 40.5 Å². The van der Waals surface area contributed by atoms with Gasteiger partial charge < -0.3 is 15.0 Å². The summed E-state index contributed by atoms with van der Waals surface area (Å²) in [5, 5.41) is 3.63. The summed E-state index contributed by atoms with van der Waals surface area (Å²) in [5.74, 6) is 0.752. The molecule has 0 bridgehead atoms. The predicted molar refractivity (Wildman–Crippen MR) is 78.0 cm³/mol. The first-order chi connectivity index (χ1) is 8.47. The molecule has 0 spiro atoms. The molecular formula is C15H32N2O. The van der Waals surface area contributed by atoms with Crippen LogP contribution < -0.4 is 5.32 Å². The molecule has 0 aromatic heterocycles. The van der Waals surface area contributed by atoms with Gasteiger partial charge in [0.1, 0.15) is 0 Å². The lowest BCUT2D eigenvalue weighted by molar-refractivity contribution is 0.151. The number of hydrogen-bond acceptors (Lipinski definition) is 3. The highest BCUT2D eigenvalue weighted by molar-refractivity contribution is 4.83. The molecule has 3 heteroatoms. The predicted octanol–water partition coefficient (Wildman–Crippen LogP) is 2.37. The Kier molecular flexibility index (Phi) is 6.61. The Morgan fingerprint density at radius 1 is 1.39 bits per heavy atom. The highest BCUT2D eigenvalue weighted by Crippen LogP contribution is 2.23. The Labute approximate surface area is 113 Å². The maximum Gasteiger partial charge on any atom is 0.0503 e. The van der Waals surface area contributed by atoms with Crippen molar-refractivity contribution >= 4 is 0 Å². The Bertz CT molecular complexity index is 225. The van der Waals surface area contributed by atoms with Crippen LogP contribution in [0.5, 0.6) is 0 Å². The molecule has 2 atom stereocenters. The topological polar surface area (TPSA) is 24.5 Å². The van der Waals surface area contributed by atoms with Crippen LogP contribution in [0.4, 0.5) is 0 Å². The first-order valence-corrected chi connectivity index (χ1v) is 7.42. The molecule has 1 heterocycles. The second-order valence-corrected chi connectivity index (χ2v) is 6.68. The molecule has 0 aliphatic carbocycles. The van der Waals surface area contributed by atoms with E-state index in [-0.39, 0.29) is 0 Å². The average molecular weight is 256 g/mol. The van der Waals surface area contributed by atoms with Gasteiger partial charge in [0.2, 0.25) is 0 Å². The van der Waals surface area contributed by atoms with Gasteiger partial charge in [0, 0.05) is 19.7 Å². The zero-order valence-corrected chi connectivity index (χ0v) is 13.0. The van der Waals surface area contributed by atoms with Crippen LogP contribution in [0.25, 0.3) is 0 Å². The lowest BCUT2D eigenvalue weighted by Crippen LogP contribution is -2.42. The summed E-state index contributed by atoms with van der Waals surface area (Å²) in [6.07, 6.45) is 2.55. The van der Waals surface area contributed by atoms with E-state index in [2.05, 4.69) is 37.9 Å². The van der Waals surface area contributed by atoms with Crippen molar-refractivity contribution in [3.63, 3.8) is 0 Å². The third kappa shape index (κ3) is 5.25. The minimum atomic E-state index is 0.349. The second-order valence-electron chi connectivity index (χ2n) is 6.68. The van der Waals surface area contributed by atoms with Gasteiger partial charge in [-0.15, -0.1) is 0 Å². The minimum absolute atomic E-state index is 0.349. The van der Waals surface area contributed by atoms with Crippen molar-refractivity contribution in [2.45, 2.75) is 46.6 Å². The van der Waals surface area contributed by atoms with Crippen molar-refractivity contribution in [2.24, 2.45) is 11.3 Å². The second kappa shape index (κ2) is 7.46. The molecule has 0 saturated carbocycles. The van der Waals surface area contributed by atoms with E-state index in [0.717, 1.165) is 19.1 Å². The van der Waals surface area contributed by atoms with Crippen molar-refractivity contribution in [1.29, 1.82) is 0 Å². The molecule has 1 N–H and O–H groups in total. The van der Waals surface area contributed by atoms with E-state index in [1.165, 1.54) is 32.5 Å². The molecule has 0 amide bonds. The molecule has 0 radical (unpaired) electrons. The molecule has 18 heavy (non-hydrogen) atoms. The molecule has 1 aliphatic heterocycles. The van der Waals surface area contributed by atoms with Crippen molar-refractivity contribution in [2.75, 3.05) is 39.9 Å². The van der Waals surface area contributed by atoms with Crippen molar-refractivity contribution in [3.8, 4) is 0 Å². The third-order valence-electron chi connectivity index (χ3n) is 4.00. The maximum atomic E-state index is 5.25. The largest absolute Gasteiger partial charge is 0.384 e. The summed E-state index contributed by atoms with van der Waals surface area (Å²) < 4.78 is 5.25. The monoisotopic (exact) mass is 256 g/mol. The van der Waals surface area contributed by atoms with Gasteiger partial charge in [-0.3, -0.25) is 0 Å². The molecule has 1 aliphatic rings. The number of ether oxygens (including phenoxy) is 1. The zero-order chi connectivity index (χ0) is 13.6. The summed E-state index contributed by atoms with van der Waals surface area (Å²) in [4.78, 5) is 2.60. The van der Waals surface area contributed by atoms with Gasteiger partial charge in [-0.05, 0) is 43.8 Å². The Morgan fingerprint density at radius 3 is 2.67 bits per heavy atom. The third-order valence-corrected chi connectivity index (χ3v) is 4.00. The molecule has 0 aromatic rings. The van der Waals surface area contributed by atoms with E-state index in [1.807, 2.05) is 7.11 Å². The van der Waals surface area contributed by atoms with Crippen LogP contribution in [-0.4, -0.2) is 50.8 Å². The average Bonchev–Trinajstić information content (AvgIpc) is 2.71. The van der Waals surface area contributed by atoms with Crippen LogP contribution >= 0.6 is 0 Å². The Morgan fingerprint density at radius 2 is 2.11 bits per heavy atom. The van der Waals surface area contributed by atoms with Crippen molar-refractivity contribution in [1.82, 2.24) is 10.2 Å². The highest BCUT2D eigenvalue weighted by Gasteiger charge is 2.26. The maximum absolute atomic E-state index is 5.25. The fourth-order valence-electron chi connectivity index (χ4n) is 2.89. The van der Waals surface area contributed by atoms with E-state index in [1.54, 1.807) is 0 Å². The molecule has 1 rings (SSSR count). The molecular weight excluding hydrogens is 224 g/mol. The summed E-state index contributed by atoms with van der Waals surface area (Å²) in [7, 11) is 1.81. The van der Waals surface area contributed by atoms with Crippen LogP contribution in [-0.2, 0) is 4.74 Å². The summed E-state index contributed by atoms with van der Waals surface area (Å²) in [5.41, 5.74) is 0.349. The summed E-state index contributed by atoms with van der Waals surface area (Å²) in [6.45, 7) is 14.9. The minimum Gasteiger partial charge on any atom is -0.384 e. The fraction of sp³-hybridized carbons (Fsp3) is 1.00. The quantitative estimate of drug-likeness (QED) is 0.757. The number of hydrogen-bond donors (Lipinski definition) is 1. The molecule has 1 fully saturated rings. The molecule has 108 valence electrons. The SMILES string of the molecule is CCNC(CCN1CCC(COC)C1)C(C)(C)C. The normalized spacial score (nSPS) is 23.5. The van der Waals surface area contributed by atoms with E-state index < -0.39 is 0 Å². The lowest BCUT2D eigenvalue weighted by Gasteiger charge is -2.32. The smallest absolute Gasteiger partial charge is 0.0503 e. The number of methoxy groups -OCH3 is 1. The van der Waals surface area contributed by atoms with E-state index >= 15 is 0 Å². The zero-order valence-electron chi connectivity index (χ0n) is 13.0. The van der Waals surface area contributed by atoms with Crippen LogP contribution in [0.2, 0.25) is 0 Å². The molecule has 2 unspecified atom stereocenters. The molecule has 1 saturated heterocycles. The van der Waals surface area contributed by atoms with Gasteiger partial charge in [0.05, 0.1) is 6.61 Å². The molecule has 0 aromatic carbocycles. The highest BCUT2D eigenvalue weighted by atomic mass is 16.5. The van der Waals surface area contributed by atoms with Crippen molar-refractivity contribution in [3.05, 3.63) is 0 Å². The lowest BCUT2D eigenvalue weighted by atomic mass is 9.84. The van der Waals surface area contributed by atoms with E-state index in [0.29, 0.717) is 11.5 Å². The number of rotatable bonds is 7. The summed E-state index contributed by atoms with van der Waals surface area (Å²) in [6, 6.07) is 0.615. The standard InChI is InChI=1S/C15H32N2O/c1-6-16-14(15(2,3)4)8-10-17-9-7-13(11-17)12-18-5/h13-14,16H,6-12H2,1-5H3. The molecule has 3 nitrogen and oxygen atoms in total. The van der Waals surface area contributed by atoms with Crippen LogP contribution in [0.15, 0.2) is 0 Å². The van der Waals surface area contributed by atoms with Crippen molar-refractivity contribution < 1.29 is 4.74 Å². The van der Waals surface area contributed by atoms with Crippen LogP contribution in [0, 0.1) is 11.3 Å². The fourth-order valence-corrected chi connectivity index (χ4v) is 2.89. The Balaban J connectivity index is 2.30. The van der Waals surface area contributed by atoms with Crippen LogP contribution in [0.3, 0.4) is 0 Å². The first kappa shape index (κ1) is 15.9. The van der Waals surface area contributed by atoms with Gasteiger partial charge in [-0.25, -0.2) is 0 Å². The number of nitrogens with one attached hydrogen (secondary N) is 1. The van der Waals surface area contributed by atoms with Gasteiger partial charge in [-0.1, -0.05) is 27.7 Å². The van der Waals surface area contributed by atoms with Gasteiger partial charge in [0.25, 0.3) is 0 Å². The van der Waals surface area contributed by atoms with Gasteiger partial charge in [0.15, 0.2) is 0 Å². The van der Waals surface area contributed by atoms with E-state index in [9.17, 15) is 0 Å².